The lowest BCUT2D eigenvalue weighted by Crippen LogP contribution is -2.32. The number of rotatable bonds is 8. The Bertz CT molecular complexity index is 1030. The second-order valence-corrected chi connectivity index (χ2v) is 8.61. The van der Waals surface area contributed by atoms with Gasteiger partial charge in [-0.2, -0.15) is 0 Å². The SMILES string of the molecule is COc1ccc(OC)c(CN(C(=O)c2sc(Cc3ccccc3)nc2C)C2CC2)c1. The number of ether oxygens (including phenoxy) is 2. The third kappa shape index (κ3) is 4.49. The van der Waals surface area contributed by atoms with Crippen molar-refractivity contribution in [3.05, 3.63) is 75.2 Å². The first-order chi connectivity index (χ1) is 14.6. The normalized spacial score (nSPS) is 13.2. The van der Waals surface area contributed by atoms with Crippen molar-refractivity contribution in [3.8, 4) is 11.5 Å². The van der Waals surface area contributed by atoms with E-state index in [1.54, 1.807) is 14.2 Å². The average Bonchev–Trinajstić information content (AvgIpc) is 3.54. The van der Waals surface area contributed by atoms with Gasteiger partial charge >= 0.3 is 0 Å². The summed E-state index contributed by atoms with van der Waals surface area (Å²) in [5, 5.41) is 0.969. The van der Waals surface area contributed by atoms with E-state index in [-0.39, 0.29) is 11.9 Å². The summed E-state index contributed by atoms with van der Waals surface area (Å²) in [7, 11) is 3.29. The van der Waals surface area contributed by atoms with Gasteiger partial charge in [-0.1, -0.05) is 30.3 Å². The molecule has 1 aliphatic rings. The zero-order valence-corrected chi connectivity index (χ0v) is 18.4. The van der Waals surface area contributed by atoms with E-state index in [2.05, 4.69) is 17.1 Å². The summed E-state index contributed by atoms with van der Waals surface area (Å²) >= 11 is 1.51. The molecular weight excluding hydrogens is 396 g/mol. The van der Waals surface area contributed by atoms with Crippen LogP contribution in [0.4, 0.5) is 0 Å². The van der Waals surface area contributed by atoms with Crippen molar-refractivity contribution in [2.45, 2.75) is 38.8 Å². The molecule has 1 aromatic heterocycles. The van der Waals surface area contributed by atoms with E-state index in [4.69, 9.17) is 9.47 Å². The Labute approximate surface area is 181 Å². The lowest BCUT2D eigenvalue weighted by molar-refractivity contribution is 0.0732. The van der Waals surface area contributed by atoms with Gasteiger partial charge in [0.2, 0.25) is 0 Å². The first kappa shape index (κ1) is 20.4. The fraction of sp³-hybridized carbons (Fsp3) is 0.333. The third-order valence-electron chi connectivity index (χ3n) is 5.31. The van der Waals surface area contributed by atoms with Gasteiger partial charge in [0.05, 0.1) is 31.5 Å². The summed E-state index contributed by atoms with van der Waals surface area (Å²) < 4.78 is 10.9. The highest BCUT2D eigenvalue weighted by atomic mass is 32.1. The van der Waals surface area contributed by atoms with Crippen molar-refractivity contribution < 1.29 is 14.3 Å². The van der Waals surface area contributed by atoms with Crippen molar-refractivity contribution in [2.75, 3.05) is 14.2 Å². The fourth-order valence-electron chi connectivity index (χ4n) is 3.57. The summed E-state index contributed by atoms with van der Waals surface area (Å²) in [5.74, 6) is 1.57. The van der Waals surface area contributed by atoms with Crippen LogP contribution < -0.4 is 9.47 Å². The maximum Gasteiger partial charge on any atom is 0.266 e. The molecule has 1 saturated carbocycles. The van der Waals surface area contributed by atoms with Crippen LogP contribution in [0.15, 0.2) is 48.5 Å². The van der Waals surface area contributed by atoms with Gasteiger partial charge in [0.1, 0.15) is 16.4 Å². The van der Waals surface area contributed by atoms with Gasteiger partial charge < -0.3 is 14.4 Å². The van der Waals surface area contributed by atoms with Gasteiger partial charge in [0.15, 0.2) is 0 Å². The molecule has 0 N–H and O–H groups in total. The molecule has 1 heterocycles. The molecule has 6 heteroatoms. The molecule has 3 aromatic rings. The van der Waals surface area contributed by atoms with Crippen LogP contribution in [0.25, 0.3) is 0 Å². The Morgan fingerprint density at radius 3 is 2.57 bits per heavy atom. The molecule has 0 atom stereocenters. The van der Waals surface area contributed by atoms with Crippen LogP contribution in [-0.4, -0.2) is 36.1 Å². The minimum absolute atomic E-state index is 0.0525. The van der Waals surface area contributed by atoms with E-state index in [0.717, 1.165) is 51.9 Å². The van der Waals surface area contributed by atoms with E-state index in [1.165, 1.54) is 16.9 Å². The number of carbonyl (C=O) groups excluding carboxylic acids is 1. The molecule has 0 saturated heterocycles. The molecule has 2 aromatic carbocycles. The first-order valence-electron chi connectivity index (χ1n) is 10.1. The van der Waals surface area contributed by atoms with Crippen molar-refractivity contribution in [1.29, 1.82) is 0 Å². The van der Waals surface area contributed by atoms with E-state index in [1.807, 2.05) is 48.2 Å². The van der Waals surface area contributed by atoms with E-state index in [0.29, 0.717) is 6.54 Å². The van der Waals surface area contributed by atoms with E-state index < -0.39 is 0 Å². The molecule has 1 amide bonds. The number of methoxy groups -OCH3 is 2. The van der Waals surface area contributed by atoms with Gasteiger partial charge in [0.25, 0.3) is 5.91 Å². The topological polar surface area (TPSA) is 51.7 Å². The zero-order valence-electron chi connectivity index (χ0n) is 17.6. The van der Waals surface area contributed by atoms with Crippen LogP contribution in [-0.2, 0) is 13.0 Å². The summed E-state index contributed by atoms with van der Waals surface area (Å²) in [6, 6.07) is 16.2. The van der Waals surface area contributed by atoms with Crippen LogP contribution >= 0.6 is 11.3 Å². The number of nitrogens with zero attached hydrogens (tertiary/aromatic N) is 2. The van der Waals surface area contributed by atoms with Crippen molar-refractivity contribution in [3.63, 3.8) is 0 Å². The monoisotopic (exact) mass is 422 g/mol. The molecule has 5 nitrogen and oxygen atoms in total. The van der Waals surface area contributed by atoms with Crippen LogP contribution in [0.1, 0.15) is 44.3 Å². The number of hydrogen-bond donors (Lipinski definition) is 0. The number of aromatic nitrogens is 1. The quantitative estimate of drug-likeness (QED) is 0.520. The molecule has 0 radical (unpaired) electrons. The van der Waals surface area contributed by atoms with Gasteiger partial charge in [-0.3, -0.25) is 4.79 Å². The molecule has 1 fully saturated rings. The summed E-state index contributed by atoms with van der Waals surface area (Å²) in [5.41, 5.74) is 2.95. The van der Waals surface area contributed by atoms with Crippen molar-refractivity contribution in [1.82, 2.24) is 9.88 Å². The number of amides is 1. The molecule has 156 valence electrons. The first-order valence-corrected chi connectivity index (χ1v) is 10.9. The smallest absolute Gasteiger partial charge is 0.266 e. The maximum atomic E-state index is 13.5. The number of benzene rings is 2. The number of carbonyl (C=O) groups is 1. The summed E-state index contributed by atoms with van der Waals surface area (Å²) in [6.45, 7) is 2.42. The second kappa shape index (κ2) is 8.88. The minimum Gasteiger partial charge on any atom is -0.497 e. The number of thiazole rings is 1. The van der Waals surface area contributed by atoms with Gasteiger partial charge in [-0.15, -0.1) is 11.3 Å². The molecular formula is C24H26N2O3S. The second-order valence-electron chi connectivity index (χ2n) is 7.53. The molecule has 4 rings (SSSR count). The van der Waals surface area contributed by atoms with Crippen LogP contribution in [0.5, 0.6) is 11.5 Å². The minimum atomic E-state index is 0.0525. The van der Waals surface area contributed by atoms with Crippen LogP contribution in [0, 0.1) is 6.92 Å². The summed E-state index contributed by atoms with van der Waals surface area (Å²) in [4.78, 5) is 20.9. The van der Waals surface area contributed by atoms with Gasteiger partial charge in [-0.05, 0) is 43.5 Å². The molecule has 0 aliphatic heterocycles. The lowest BCUT2D eigenvalue weighted by Gasteiger charge is -2.23. The molecule has 30 heavy (non-hydrogen) atoms. The van der Waals surface area contributed by atoms with E-state index >= 15 is 0 Å². The predicted molar refractivity (Wildman–Crippen MR) is 119 cm³/mol. The molecule has 0 bridgehead atoms. The highest BCUT2D eigenvalue weighted by Gasteiger charge is 2.35. The fourth-order valence-corrected chi connectivity index (χ4v) is 4.62. The summed E-state index contributed by atoms with van der Waals surface area (Å²) in [6.07, 6.45) is 2.81. The zero-order chi connectivity index (χ0) is 21.1. The molecule has 0 unspecified atom stereocenters. The van der Waals surface area contributed by atoms with Crippen molar-refractivity contribution >= 4 is 17.2 Å². The Hall–Kier alpha value is -2.86. The lowest BCUT2D eigenvalue weighted by atomic mass is 10.1. The van der Waals surface area contributed by atoms with Crippen LogP contribution in [0.2, 0.25) is 0 Å². The highest BCUT2D eigenvalue weighted by molar-refractivity contribution is 7.13. The molecule has 1 aliphatic carbocycles. The Kier molecular flexibility index (Phi) is 6.04. The van der Waals surface area contributed by atoms with Gasteiger partial charge in [0, 0.05) is 18.0 Å². The standard InChI is InChI=1S/C24H26N2O3S/c1-16-23(30-22(25-16)13-17-7-5-4-6-8-17)24(27)26(19-9-10-19)15-18-14-20(28-2)11-12-21(18)29-3/h4-8,11-12,14,19H,9-10,13,15H2,1-3H3. The van der Waals surface area contributed by atoms with E-state index in [9.17, 15) is 4.79 Å². The highest BCUT2D eigenvalue weighted by Crippen LogP contribution is 2.34. The Balaban J connectivity index is 1.58. The Morgan fingerprint density at radius 2 is 1.90 bits per heavy atom. The molecule has 0 spiro atoms. The maximum absolute atomic E-state index is 13.5. The Morgan fingerprint density at radius 1 is 1.13 bits per heavy atom. The number of hydrogen-bond acceptors (Lipinski definition) is 5. The number of aryl methyl sites for hydroxylation is 1. The third-order valence-corrected chi connectivity index (χ3v) is 6.46. The van der Waals surface area contributed by atoms with Crippen LogP contribution in [0.3, 0.4) is 0 Å². The predicted octanol–water partition coefficient (Wildman–Crippen LogP) is 4.86. The average molecular weight is 423 g/mol. The largest absolute Gasteiger partial charge is 0.497 e. The van der Waals surface area contributed by atoms with Crippen molar-refractivity contribution in [2.24, 2.45) is 0 Å². The van der Waals surface area contributed by atoms with Gasteiger partial charge in [-0.25, -0.2) is 4.98 Å².